The lowest BCUT2D eigenvalue weighted by Crippen LogP contribution is -2.15. The summed E-state index contributed by atoms with van der Waals surface area (Å²) in [6.07, 6.45) is -0.0503. The minimum atomic E-state index is -0.704. The molecule has 0 aliphatic heterocycles. The Hall–Kier alpha value is -2.07. The largest absolute Gasteiger partial charge is 0.506 e. The van der Waals surface area contributed by atoms with E-state index < -0.39 is 6.10 Å². The van der Waals surface area contributed by atoms with Crippen LogP contribution in [0.15, 0.2) is 18.2 Å². The third-order valence-electron chi connectivity index (χ3n) is 3.85. The SMILES string of the molecule is COc1cc(C)cc2cc3c(c(O)c12)C(=O)CC[C@@H]3O. The number of phenolic OH excluding ortho intramolecular Hbond substituents is 1. The van der Waals surface area contributed by atoms with Crippen molar-refractivity contribution in [3.63, 3.8) is 0 Å². The van der Waals surface area contributed by atoms with E-state index in [1.807, 2.05) is 19.1 Å². The molecule has 1 aliphatic carbocycles. The van der Waals surface area contributed by atoms with Crippen LogP contribution in [0, 0.1) is 6.92 Å². The van der Waals surface area contributed by atoms with E-state index >= 15 is 0 Å². The number of aliphatic hydroxyl groups is 1. The predicted molar refractivity (Wildman–Crippen MR) is 75.4 cm³/mol. The number of aryl methyl sites for hydroxylation is 1. The number of fused-ring (bicyclic) bond motifs is 2. The van der Waals surface area contributed by atoms with Gasteiger partial charge in [0, 0.05) is 6.42 Å². The smallest absolute Gasteiger partial charge is 0.167 e. The Morgan fingerprint density at radius 3 is 2.75 bits per heavy atom. The molecule has 1 atom stereocenters. The van der Waals surface area contributed by atoms with Gasteiger partial charge in [-0.1, -0.05) is 6.07 Å². The molecule has 0 radical (unpaired) electrons. The summed E-state index contributed by atoms with van der Waals surface area (Å²) in [5.74, 6) is 0.318. The summed E-state index contributed by atoms with van der Waals surface area (Å²) < 4.78 is 5.31. The number of methoxy groups -OCH3 is 1. The van der Waals surface area contributed by atoms with Crippen LogP contribution in [0.1, 0.15) is 40.4 Å². The van der Waals surface area contributed by atoms with Crippen molar-refractivity contribution in [3.8, 4) is 11.5 Å². The Morgan fingerprint density at radius 1 is 1.30 bits per heavy atom. The van der Waals surface area contributed by atoms with Crippen molar-refractivity contribution in [2.75, 3.05) is 7.11 Å². The molecule has 2 aromatic rings. The molecule has 0 saturated heterocycles. The van der Waals surface area contributed by atoms with Crippen LogP contribution < -0.4 is 4.74 Å². The lowest BCUT2D eigenvalue weighted by molar-refractivity contribution is 0.0893. The predicted octanol–water partition coefficient (Wildman–Crippen LogP) is 2.87. The molecule has 1 aliphatic rings. The summed E-state index contributed by atoms with van der Waals surface area (Å²) in [4.78, 5) is 12.1. The summed E-state index contributed by atoms with van der Waals surface area (Å²) in [5.41, 5.74) is 1.74. The fourth-order valence-corrected chi connectivity index (χ4v) is 2.91. The second kappa shape index (κ2) is 4.49. The van der Waals surface area contributed by atoms with E-state index in [4.69, 9.17) is 4.74 Å². The van der Waals surface area contributed by atoms with E-state index in [1.54, 1.807) is 6.07 Å². The van der Waals surface area contributed by atoms with Crippen LogP contribution in [0.25, 0.3) is 10.8 Å². The van der Waals surface area contributed by atoms with Crippen LogP contribution in [0.4, 0.5) is 0 Å². The van der Waals surface area contributed by atoms with Crippen LogP contribution >= 0.6 is 0 Å². The van der Waals surface area contributed by atoms with Gasteiger partial charge in [0.1, 0.15) is 11.5 Å². The molecule has 0 fully saturated rings. The van der Waals surface area contributed by atoms with Crippen LogP contribution in [0.5, 0.6) is 11.5 Å². The lowest BCUT2D eigenvalue weighted by atomic mass is 9.85. The van der Waals surface area contributed by atoms with Crippen LogP contribution in [-0.2, 0) is 0 Å². The van der Waals surface area contributed by atoms with Crippen molar-refractivity contribution in [3.05, 3.63) is 34.9 Å². The zero-order valence-electron chi connectivity index (χ0n) is 11.4. The Bertz CT molecular complexity index is 718. The molecule has 4 nitrogen and oxygen atoms in total. The van der Waals surface area contributed by atoms with Gasteiger partial charge >= 0.3 is 0 Å². The number of hydrogen-bond acceptors (Lipinski definition) is 4. The minimum Gasteiger partial charge on any atom is -0.506 e. The lowest BCUT2D eigenvalue weighted by Gasteiger charge is -2.23. The number of aromatic hydroxyl groups is 1. The number of carbonyl (C=O) groups excluding carboxylic acids is 1. The molecule has 0 amide bonds. The highest BCUT2D eigenvalue weighted by atomic mass is 16.5. The van der Waals surface area contributed by atoms with Gasteiger partial charge in [-0.3, -0.25) is 4.79 Å². The first-order chi connectivity index (χ1) is 9.52. The van der Waals surface area contributed by atoms with Crippen LogP contribution in [0.2, 0.25) is 0 Å². The Balaban J connectivity index is 2.44. The van der Waals surface area contributed by atoms with Gasteiger partial charge in [0.15, 0.2) is 5.78 Å². The fraction of sp³-hybridized carbons (Fsp3) is 0.312. The van der Waals surface area contributed by atoms with Crippen molar-refractivity contribution in [2.24, 2.45) is 0 Å². The molecule has 104 valence electrons. The number of phenols is 1. The Morgan fingerprint density at radius 2 is 2.05 bits per heavy atom. The summed E-state index contributed by atoms with van der Waals surface area (Å²) in [5, 5.41) is 21.8. The first-order valence-corrected chi connectivity index (χ1v) is 6.58. The van der Waals surface area contributed by atoms with E-state index in [2.05, 4.69) is 0 Å². The second-order valence-electron chi connectivity index (χ2n) is 5.23. The van der Waals surface area contributed by atoms with Crippen molar-refractivity contribution in [2.45, 2.75) is 25.9 Å². The molecule has 0 bridgehead atoms. The van der Waals surface area contributed by atoms with Crippen molar-refractivity contribution in [1.82, 2.24) is 0 Å². The summed E-state index contributed by atoms with van der Waals surface area (Å²) in [7, 11) is 1.53. The van der Waals surface area contributed by atoms with Crippen LogP contribution in [0.3, 0.4) is 0 Å². The number of carbonyl (C=O) groups is 1. The van der Waals surface area contributed by atoms with Gasteiger partial charge in [-0.05, 0) is 42.0 Å². The zero-order chi connectivity index (χ0) is 14.4. The van der Waals surface area contributed by atoms with Gasteiger partial charge in [-0.2, -0.15) is 0 Å². The summed E-state index contributed by atoms with van der Waals surface area (Å²) in [6.45, 7) is 1.93. The Kier molecular flexibility index (Phi) is 2.91. The number of Topliss-reactive ketones (excluding diaryl/α,β-unsaturated/α-hetero) is 1. The fourth-order valence-electron chi connectivity index (χ4n) is 2.91. The minimum absolute atomic E-state index is 0.0851. The number of aliphatic hydroxyl groups excluding tert-OH is 1. The van der Waals surface area contributed by atoms with Gasteiger partial charge in [-0.15, -0.1) is 0 Å². The van der Waals surface area contributed by atoms with E-state index in [-0.39, 0.29) is 23.5 Å². The van der Waals surface area contributed by atoms with Crippen molar-refractivity contribution < 1.29 is 19.7 Å². The third kappa shape index (κ3) is 1.76. The van der Waals surface area contributed by atoms with Gasteiger partial charge in [0.05, 0.1) is 24.2 Å². The monoisotopic (exact) mass is 272 g/mol. The maximum atomic E-state index is 12.1. The molecule has 0 unspecified atom stereocenters. The van der Waals surface area contributed by atoms with Gasteiger partial charge in [-0.25, -0.2) is 0 Å². The number of hydrogen-bond donors (Lipinski definition) is 2. The topological polar surface area (TPSA) is 66.8 Å². The molecule has 2 aromatic carbocycles. The number of rotatable bonds is 1. The molecule has 3 rings (SSSR count). The second-order valence-corrected chi connectivity index (χ2v) is 5.23. The molecule has 4 heteroatoms. The first kappa shape index (κ1) is 12.9. The molecule has 2 N–H and O–H groups in total. The van der Waals surface area contributed by atoms with Crippen molar-refractivity contribution in [1.29, 1.82) is 0 Å². The summed E-state index contributed by atoms with van der Waals surface area (Å²) in [6, 6.07) is 5.50. The maximum Gasteiger partial charge on any atom is 0.167 e. The van der Waals surface area contributed by atoms with Gasteiger partial charge < -0.3 is 14.9 Å². The highest BCUT2D eigenvalue weighted by molar-refractivity contribution is 6.08. The van der Waals surface area contributed by atoms with E-state index in [0.29, 0.717) is 23.1 Å². The standard InChI is InChI=1S/C16H16O4/c1-8-5-9-7-10-11(17)3-4-12(18)15(10)16(19)14(9)13(6-8)20-2/h5-7,11,17,19H,3-4H2,1-2H3/t11-/m0/s1. The molecule has 0 aromatic heterocycles. The van der Waals surface area contributed by atoms with Crippen LogP contribution in [-0.4, -0.2) is 23.1 Å². The van der Waals surface area contributed by atoms with E-state index in [1.165, 1.54) is 7.11 Å². The normalized spacial score (nSPS) is 18.1. The first-order valence-electron chi connectivity index (χ1n) is 6.58. The highest BCUT2D eigenvalue weighted by Gasteiger charge is 2.29. The van der Waals surface area contributed by atoms with Crippen molar-refractivity contribution >= 4 is 16.6 Å². The average Bonchev–Trinajstić information content (AvgIpc) is 2.41. The molecule has 20 heavy (non-hydrogen) atoms. The molecule has 0 spiro atoms. The highest BCUT2D eigenvalue weighted by Crippen LogP contribution is 2.43. The molecular weight excluding hydrogens is 256 g/mol. The third-order valence-corrected chi connectivity index (χ3v) is 3.85. The Labute approximate surface area is 116 Å². The zero-order valence-corrected chi connectivity index (χ0v) is 11.4. The number of ether oxygens (including phenoxy) is 1. The summed E-state index contributed by atoms with van der Waals surface area (Å²) >= 11 is 0. The molecular formula is C16H16O4. The van der Waals surface area contributed by atoms with Gasteiger partial charge in [0.25, 0.3) is 0 Å². The van der Waals surface area contributed by atoms with E-state index in [0.717, 1.165) is 10.9 Å². The van der Waals surface area contributed by atoms with E-state index in [9.17, 15) is 15.0 Å². The average molecular weight is 272 g/mol. The quantitative estimate of drug-likeness (QED) is 0.837. The number of benzene rings is 2. The molecule has 0 heterocycles. The maximum absolute atomic E-state index is 12.1. The molecule has 0 saturated carbocycles. The number of ketones is 1. The van der Waals surface area contributed by atoms with Gasteiger partial charge in [0.2, 0.25) is 0 Å².